The summed E-state index contributed by atoms with van der Waals surface area (Å²) < 4.78 is 5.57. The molecule has 22 heavy (non-hydrogen) atoms. The third-order valence-corrected chi connectivity index (χ3v) is 4.31. The SMILES string of the molecule is C#CC(OC(=O)C1C(C=C(C)C)C1(C)C)/C(C)=C/CCC=C. The Balaban J connectivity index is 2.71. The van der Waals surface area contributed by atoms with Gasteiger partial charge in [-0.25, -0.2) is 0 Å². The maximum atomic E-state index is 12.4. The molecular weight excluding hydrogens is 272 g/mol. The van der Waals surface area contributed by atoms with Crippen molar-refractivity contribution < 1.29 is 9.53 Å². The lowest BCUT2D eigenvalue weighted by Gasteiger charge is -2.14. The molecule has 0 N–H and O–H groups in total. The molecule has 0 aromatic heterocycles. The molecule has 1 fully saturated rings. The first-order valence-corrected chi connectivity index (χ1v) is 7.84. The van der Waals surface area contributed by atoms with Crippen LogP contribution in [-0.4, -0.2) is 12.1 Å². The second-order valence-electron chi connectivity index (χ2n) is 6.87. The van der Waals surface area contributed by atoms with Crippen molar-refractivity contribution in [2.45, 2.75) is 53.6 Å². The summed E-state index contributed by atoms with van der Waals surface area (Å²) in [6, 6.07) is 0. The van der Waals surface area contributed by atoms with E-state index < -0.39 is 6.10 Å². The molecule has 0 aliphatic heterocycles. The molecule has 0 aromatic rings. The van der Waals surface area contributed by atoms with Crippen molar-refractivity contribution >= 4 is 5.97 Å². The first kappa shape index (κ1) is 18.3. The van der Waals surface area contributed by atoms with E-state index >= 15 is 0 Å². The zero-order valence-corrected chi connectivity index (χ0v) is 14.5. The number of esters is 1. The Bertz CT molecular complexity index is 524. The lowest BCUT2D eigenvalue weighted by atomic mass is 10.1. The van der Waals surface area contributed by atoms with Gasteiger partial charge in [-0.3, -0.25) is 4.79 Å². The van der Waals surface area contributed by atoms with E-state index in [-0.39, 0.29) is 23.2 Å². The van der Waals surface area contributed by atoms with Gasteiger partial charge in [-0.05, 0) is 50.5 Å². The number of carbonyl (C=O) groups is 1. The Hall–Kier alpha value is -1.75. The number of rotatable bonds is 7. The van der Waals surface area contributed by atoms with Crippen LogP contribution < -0.4 is 0 Å². The highest BCUT2D eigenvalue weighted by atomic mass is 16.5. The molecule has 0 radical (unpaired) electrons. The third-order valence-electron chi connectivity index (χ3n) is 4.31. The smallest absolute Gasteiger partial charge is 0.311 e. The fraction of sp³-hybridized carbons (Fsp3) is 0.550. The van der Waals surface area contributed by atoms with Crippen LogP contribution in [0.2, 0.25) is 0 Å². The summed E-state index contributed by atoms with van der Waals surface area (Å²) in [5.41, 5.74) is 2.09. The highest BCUT2D eigenvalue weighted by Crippen LogP contribution is 2.59. The van der Waals surface area contributed by atoms with Crippen LogP contribution in [0, 0.1) is 29.6 Å². The van der Waals surface area contributed by atoms with E-state index in [1.807, 2.05) is 32.9 Å². The predicted octanol–water partition coefficient (Wildman–Crippen LogP) is 4.68. The van der Waals surface area contributed by atoms with Crippen molar-refractivity contribution in [2.75, 3.05) is 0 Å². The van der Waals surface area contributed by atoms with E-state index in [4.69, 9.17) is 11.2 Å². The molecule has 0 aromatic carbocycles. The molecule has 0 amide bonds. The fourth-order valence-corrected chi connectivity index (χ4v) is 2.78. The molecule has 1 aliphatic carbocycles. The maximum absolute atomic E-state index is 12.4. The van der Waals surface area contributed by atoms with E-state index in [9.17, 15) is 4.79 Å². The molecule has 2 heteroatoms. The molecule has 120 valence electrons. The van der Waals surface area contributed by atoms with E-state index in [1.54, 1.807) is 0 Å². The average molecular weight is 300 g/mol. The second-order valence-corrected chi connectivity index (χ2v) is 6.87. The lowest BCUT2D eigenvalue weighted by molar-refractivity contribution is -0.147. The quantitative estimate of drug-likeness (QED) is 0.295. The molecule has 1 rings (SSSR count). The van der Waals surface area contributed by atoms with Gasteiger partial charge in [0.25, 0.3) is 0 Å². The van der Waals surface area contributed by atoms with Crippen LogP contribution in [0.1, 0.15) is 47.5 Å². The monoisotopic (exact) mass is 300 g/mol. The van der Waals surface area contributed by atoms with Crippen molar-refractivity contribution in [1.82, 2.24) is 0 Å². The normalized spacial score (nSPS) is 23.9. The van der Waals surface area contributed by atoms with Gasteiger partial charge in [-0.1, -0.05) is 43.6 Å². The zero-order valence-electron chi connectivity index (χ0n) is 14.5. The topological polar surface area (TPSA) is 26.3 Å². The number of hydrogen-bond donors (Lipinski definition) is 0. The van der Waals surface area contributed by atoms with Crippen LogP contribution in [0.3, 0.4) is 0 Å². The number of terminal acetylenes is 1. The van der Waals surface area contributed by atoms with E-state index in [0.29, 0.717) is 0 Å². The molecule has 3 unspecified atom stereocenters. The highest BCUT2D eigenvalue weighted by molar-refractivity contribution is 5.79. The molecule has 1 saturated carbocycles. The molecule has 0 spiro atoms. The summed E-state index contributed by atoms with van der Waals surface area (Å²) in [6.07, 6.45) is 12.7. The summed E-state index contributed by atoms with van der Waals surface area (Å²) >= 11 is 0. The van der Waals surface area contributed by atoms with Crippen LogP contribution in [0.4, 0.5) is 0 Å². The third kappa shape index (κ3) is 4.37. The van der Waals surface area contributed by atoms with Crippen molar-refractivity contribution in [3.05, 3.63) is 36.0 Å². The summed E-state index contributed by atoms with van der Waals surface area (Å²) in [5, 5.41) is 0. The van der Waals surface area contributed by atoms with Crippen molar-refractivity contribution in [3.8, 4) is 12.3 Å². The number of unbranched alkanes of at least 4 members (excludes halogenated alkanes) is 1. The Labute approximate surface area is 135 Å². The fourth-order valence-electron chi connectivity index (χ4n) is 2.78. The Morgan fingerprint density at radius 2 is 2.00 bits per heavy atom. The summed E-state index contributed by atoms with van der Waals surface area (Å²) in [7, 11) is 0. The molecule has 0 heterocycles. The molecule has 3 atom stereocenters. The van der Waals surface area contributed by atoms with Crippen molar-refractivity contribution in [1.29, 1.82) is 0 Å². The Morgan fingerprint density at radius 1 is 1.36 bits per heavy atom. The minimum Gasteiger partial charge on any atom is -0.444 e. The molecule has 0 bridgehead atoms. The van der Waals surface area contributed by atoms with Crippen molar-refractivity contribution in [3.63, 3.8) is 0 Å². The van der Waals surface area contributed by atoms with Gasteiger partial charge in [0.2, 0.25) is 0 Å². The Kier molecular flexibility index (Phi) is 6.23. The van der Waals surface area contributed by atoms with Crippen LogP contribution in [-0.2, 0) is 9.53 Å². The first-order valence-electron chi connectivity index (χ1n) is 7.84. The highest BCUT2D eigenvalue weighted by Gasteiger charge is 2.61. The first-order chi connectivity index (χ1) is 10.3. The van der Waals surface area contributed by atoms with Gasteiger partial charge in [-0.15, -0.1) is 13.0 Å². The minimum absolute atomic E-state index is 0.0477. The van der Waals surface area contributed by atoms with E-state index in [0.717, 1.165) is 18.4 Å². The molecular formula is C20H28O2. The van der Waals surface area contributed by atoms with Crippen LogP contribution in [0.15, 0.2) is 36.0 Å². The van der Waals surface area contributed by atoms with E-state index in [1.165, 1.54) is 5.57 Å². The standard InChI is InChI=1S/C20H28O2/c1-8-10-11-12-15(5)17(9-2)22-19(21)18-16(13-14(3)4)20(18,6)7/h2,8,12-13,16-18H,1,10-11H2,3-7H3/b15-12+. The Morgan fingerprint density at radius 3 is 2.50 bits per heavy atom. The van der Waals surface area contributed by atoms with E-state index in [2.05, 4.69) is 32.4 Å². The molecule has 1 aliphatic rings. The van der Waals surface area contributed by atoms with Crippen molar-refractivity contribution in [2.24, 2.45) is 17.3 Å². The minimum atomic E-state index is -0.568. The lowest BCUT2D eigenvalue weighted by Crippen LogP contribution is -2.20. The van der Waals surface area contributed by atoms with Crippen LogP contribution in [0.5, 0.6) is 0 Å². The van der Waals surface area contributed by atoms with Gasteiger partial charge in [-0.2, -0.15) is 0 Å². The summed E-state index contributed by atoms with van der Waals surface area (Å²) in [6.45, 7) is 13.9. The molecule has 0 saturated heterocycles. The number of hydrogen-bond acceptors (Lipinski definition) is 2. The predicted molar refractivity (Wildman–Crippen MR) is 92.1 cm³/mol. The van der Waals surface area contributed by atoms with Crippen LogP contribution >= 0.6 is 0 Å². The molecule has 2 nitrogen and oxygen atoms in total. The van der Waals surface area contributed by atoms with Gasteiger partial charge in [0.1, 0.15) is 0 Å². The maximum Gasteiger partial charge on any atom is 0.311 e. The van der Waals surface area contributed by atoms with Gasteiger partial charge in [0.15, 0.2) is 6.10 Å². The van der Waals surface area contributed by atoms with Gasteiger partial charge >= 0.3 is 5.97 Å². The van der Waals surface area contributed by atoms with Gasteiger partial charge < -0.3 is 4.74 Å². The number of carbonyl (C=O) groups excluding carboxylic acids is 1. The number of allylic oxidation sites excluding steroid dienone is 4. The summed E-state index contributed by atoms with van der Waals surface area (Å²) in [5.74, 6) is 2.53. The summed E-state index contributed by atoms with van der Waals surface area (Å²) in [4.78, 5) is 12.4. The van der Waals surface area contributed by atoms with Gasteiger partial charge in [0.05, 0.1) is 5.92 Å². The largest absolute Gasteiger partial charge is 0.444 e. The number of ether oxygens (including phenoxy) is 1. The second kappa shape index (κ2) is 7.49. The average Bonchev–Trinajstić information content (AvgIpc) is 2.96. The zero-order chi connectivity index (χ0) is 16.9. The van der Waals surface area contributed by atoms with Gasteiger partial charge in [0, 0.05) is 0 Å². The van der Waals surface area contributed by atoms with Crippen LogP contribution in [0.25, 0.3) is 0 Å².